The number of thiophene rings is 1. The first-order valence-corrected chi connectivity index (χ1v) is 7.08. The fourth-order valence-corrected chi connectivity index (χ4v) is 2.87. The second kappa shape index (κ2) is 5.91. The van der Waals surface area contributed by atoms with Crippen molar-refractivity contribution in [3.63, 3.8) is 0 Å². The lowest BCUT2D eigenvalue weighted by Gasteiger charge is -2.11. The lowest BCUT2D eigenvalue weighted by molar-refractivity contribution is 0.173. The molecule has 96 valence electrons. The average Bonchev–Trinajstić information content (AvgIpc) is 2.82. The largest absolute Gasteiger partial charge is 0.392 e. The van der Waals surface area contributed by atoms with Crippen LogP contribution in [0.15, 0.2) is 34.1 Å². The van der Waals surface area contributed by atoms with Crippen molar-refractivity contribution in [2.24, 2.45) is 0 Å². The number of benzene rings is 1. The molecule has 0 radical (unpaired) electrons. The van der Waals surface area contributed by atoms with Gasteiger partial charge in [0, 0.05) is 23.3 Å². The van der Waals surface area contributed by atoms with E-state index in [2.05, 4.69) is 15.9 Å². The fourth-order valence-electron chi connectivity index (χ4n) is 1.72. The van der Waals surface area contributed by atoms with Crippen LogP contribution in [-0.2, 0) is 12.8 Å². The zero-order valence-corrected chi connectivity index (χ0v) is 11.8. The molecule has 1 N–H and O–H groups in total. The number of rotatable bonds is 4. The molecule has 1 atom stereocenters. The monoisotopic (exact) mass is 332 g/mol. The molecule has 18 heavy (non-hydrogen) atoms. The van der Waals surface area contributed by atoms with Crippen molar-refractivity contribution >= 4 is 27.3 Å². The van der Waals surface area contributed by atoms with E-state index < -0.39 is 17.7 Å². The highest BCUT2D eigenvalue weighted by Gasteiger charge is 2.16. The number of halogens is 3. The molecule has 2 rings (SSSR count). The van der Waals surface area contributed by atoms with E-state index in [1.807, 2.05) is 17.5 Å². The quantitative estimate of drug-likeness (QED) is 0.841. The third-order valence-electron chi connectivity index (χ3n) is 2.60. The molecular weight excluding hydrogens is 322 g/mol. The van der Waals surface area contributed by atoms with Crippen molar-refractivity contribution in [1.82, 2.24) is 0 Å². The second-order valence-corrected chi connectivity index (χ2v) is 5.85. The zero-order chi connectivity index (χ0) is 13.1. The van der Waals surface area contributed by atoms with Crippen LogP contribution in [0.4, 0.5) is 8.78 Å². The topological polar surface area (TPSA) is 20.2 Å². The van der Waals surface area contributed by atoms with Crippen molar-refractivity contribution in [2.75, 3.05) is 0 Å². The number of hydrogen-bond acceptors (Lipinski definition) is 2. The van der Waals surface area contributed by atoms with Gasteiger partial charge in [-0.05, 0) is 39.5 Å². The molecule has 0 bridgehead atoms. The third kappa shape index (κ3) is 3.16. The number of aliphatic hydroxyl groups excluding tert-OH is 1. The van der Waals surface area contributed by atoms with Gasteiger partial charge in [0.1, 0.15) is 11.6 Å². The Kier molecular flexibility index (Phi) is 4.48. The van der Waals surface area contributed by atoms with Crippen LogP contribution in [0.25, 0.3) is 0 Å². The van der Waals surface area contributed by atoms with Crippen LogP contribution in [0.3, 0.4) is 0 Å². The van der Waals surface area contributed by atoms with Crippen LogP contribution >= 0.6 is 27.3 Å². The molecule has 1 nitrogen and oxygen atoms in total. The zero-order valence-electron chi connectivity index (χ0n) is 9.37. The maximum Gasteiger partial charge on any atom is 0.143 e. The Bertz CT molecular complexity index is 528. The summed E-state index contributed by atoms with van der Waals surface area (Å²) in [6.45, 7) is 0. The molecule has 1 unspecified atom stereocenters. The summed E-state index contributed by atoms with van der Waals surface area (Å²) >= 11 is 4.53. The van der Waals surface area contributed by atoms with Gasteiger partial charge in [-0.15, -0.1) is 11.3 Å². The molecule has 0 fully saturated rings. The highest BCUT2D eigenvalue weighted by atomic mass is 79.9. The summed E-state index contributed by atoms with van der Waals surface area (Å²) in [5, 5.41) is 11.8. The molecule has 0 amide bonds. The van der Waals surface area contributed by atoms with Gasteiger partial charge in [-0.3, -0.25) is 0 Å². The maximum absolute atomic E-state index is 13.7. The van der Waals surface area contributed by atoms with Gasteiger partial charge >= 0.3 is 0 Å². The van der Waals surface area contributed by atoms with Gasteiger partial charge in [-0.2, -0.15) is 0 Å². The maximum atomic E-state index is 13.7. The Balaban J connectivity index is 2.11. The third-order valence-corrected chi connectivity index (χ3v) is 4.11. The lowest BCUT2D eigenvalue weighted by atomic mass is 10.0. The Morgan fingerprint density at radius 1 is 1.22 bits per heavy atom. The predicted molar refractivity (Wildman–Crippen MR) is 71.8 cm³/mol. The van der Waals surface area contributed by atoms with Crippen molar-refractivity contribution in [3.05, 3.63) is 56.2 Å². The van der Waals surface area contributed by atoms with E-state index in [-0.39, 0.29) is 16.5 Å². The molecule has 5 heteroatoms. The Hall–Kier alpha value is -0.780. The smallest absolute Gasteiger partial charge is 0.143 e. The fraction of sp³-hybridized carbons (Fsp3) is 0.231. The van der Waals surface area contributed by atoms with Crippen LogP contribution < -0.4 is 0 Å². The predicted octanol–water partition coefficient (Wildman–Crippen LogP) is 3.93. The summed E-state index contributed by atoms with van der Waals surface area (Å²) in [7, 11) is 0. The molecule has 0 spiro atoms. The highest BCUT2D eigenvalue weighted by Crippen LogP contribution is 2.23. The van der Waals surface area contributed by atoms with E-state index in [4.69, 9.17) is 0 Å². The molecule has 1 aromatic carbocycles. The van der Waals surface area contributed by atoms with Gasteiger partial charge in [0.15, 0.2) is 0 Å². The van der Waals surface area contributed by atoms with E-state index in [0.29, 0.717) is 6.42 Å². The van der Waals surface area contributed by atoms with Crippen LogP contribution in [0.5, 0.6) is 0 Å². The van der Waals surface area contributed by atoms with E-state index in [1.165, 1.54) is 23.5 Å². The molecule has 0 saturated heterocycles. The minimum absolute atomic E-state index is 0.0327. The molecule has 0 aliphatic rings. The minimum Gasteiger partial charge on any atom is -0.392 e. The SMILES string of the molecule is OC(Cc1cccs1)Cc1c(F)ccc(Br)c1F. The van der Waals surface area contributed by atoms with Crippen molar-refractivity contribution in [2.45, 2.75) is 18.9 Å². The molecule has 1 heterocycles. The van der Waals surface area contributed by atoms with E-state index in [0.717, 1.165) is 4.88 Å². The molecule has 0 aliphatic heterocycles. The van der Waals surface area contributed by atoms with E-state index in [1.54, 1.807) is 0 Å². The van der Waals surface area contributed by atoms with Crippen LogP contribution in [0, 0.1) is 11.6 Å². The summed E-state index contributed by atoms with van der Waals surface area (Å²) in [6.07, 6.45) is -0.417. The summed E-state index contributed by atoms with van der Waals surface area (Å²) in [4.78, 5) is 0.998. The first kappa shape index (κ1) is 13.6. The second-order valence-electron chi connectivity index (χ2n) is 3.96. The molecule has 2 aromatic rings. The first-order chi connectivity index (χ1) is 8.58. The van der Waals surface area contributed by atoms with Gasteiger partial charge in [0.2, 0.25) is 0 Å². The summed E-state index contributed by atoms with van der Waals surface area (Å²) in [6, 6.07) is 6.29. The van der Waals surface area contributed by atoms with Gasteiger partial charge in [0.05, 0.1) is 10.6 Å². The molecule has 0 saturated carbocycles. The Morgan fingerprint density at radius 3 is 2.67 bits per heavy atom. The van der Waals surface area contributed by atoms with Crippen molar-refractivity contribution < 1.29 is 13.9 Å². The molecule has 1 aromatic heterocycles. The highest BCUT2D eigenvalue weighted by molar-refractivity contribution is 9.10. The van der Waals surface area contributed by atoms with Crippen molar-refractivity contribution in [1.29, 1.82) is 0 Å². The van der Waals surface area contributed by atoms with E-state index >= 15 is 0 Å². The Labute approximate surface area is 116 Å². The average molecular weight is 333 g/mol. The number of aliphatic hydroxyl groups is 1. The van der Waals surface area contributed by atoms with Crippen LogP contribution in [-0.4, -0.2) is 11.2 Å². The standard InChI is InChI=1S/C13H11BrF2OS/c14-11-3-4-12(15)10(13(11)16)7-8(17)6-9-2-1-5-18-9/h1-5,8,17H,6-7H2. The molecular formula is C13H11BrF2OS. The Morgan fingerprint density at radius 2 is 2.00 bits per heavy atom. The number of hydrogen-bond donors (Lipinski definition) is 1. The minimum atomic E-state index is -0.790. The van der Waals surface area contributed by atoms with Gasteiger partial charge in [-0.1, -0.05) is 6.07 Å². The van der Waals surface area contributed by atoms with E-state index in [9.17, 15) is 13.9 Å². The summed E-state index contributed by atoms with van der Waals surface area (Å²) < 4.78 is 27.4. The lowest BCUT2D eigenvalue weighted by Crippen LogP contribution is -2.15. The van der Waals surface area contributed by atoms with Crippen molar-refractivity contribution in [3.8, 4) is 0 Å². The summed E-state index contributed by atoms with van der Waals surface area (Å²) in [5.41, 5.74) is -0.0755. The normalized spacial score (nSPS) is 12.7. The van der Waals surface area contributed by atoms with Crippen LogP contribution in [0.2, 0.25) is 0 Å². The molecule has 0 aliphatic carbocycles. The summed E-state index contributed by atoms with van der Waals surface area (Å²) in [5.74, 6) is -1.26. The first-order valence-electron chi connectivity index (χ1n) is 5.40. The van der Waals surface area contributed by atoms with Gasteiger partial charge in [-0.25, -0.2) is 8.78 Å². The van der Waals surface area contributed by atoms with Crippen LogP contribution in [0.1, 0.15) is 10.4 Å². The van der Waals surface area contributed by atoms with Gasteiger partial charge in [0.25, 0.3) is 0 Å². The van der Waals surface area contributed by atoms with Gasteiger partial charge < -0.3 is 5.11 Å².